The lowest BCUT2D eigenvalue weighted by Gasteiger charge is -2.17. The van der Waals surface area contributed by atoms with E-state index in [0.29, 0.717) is 17.2 Å². The Morgan fingerprint density at radius 3 is 2.57 bits per heavy atom. The van der Waals surface area contributed by atoms with Gasteiger partial charge in [0.05, 0.1) is 25.9 Å². The van der Waals surface area contributed by atoms with Crippen LogP contribution in [0.3, 0.4) is 0 Å². The number of amides is 2. The van der Waals surface area contributed by atoms with Crippen molar-refractivity contribution in [1.82, 2.24) is 5.32 Å². The Morgan fingerprint density at radius 1 is 1.13 bits per heavy atom. The topological polar surface area (TPSA) is 59.6 Å². The molecule has 0 aliphatic rings. The summed E-state index contributed by atoms with van der Waals surface area (Å²) in [4.78, 5) is 12.2. The highest BCUT2D eigenvalue weighted by Gasteiger charge is 2.12. The van der Waals surface area contributed by atoms with Crippen LogP contribution in [0.2, 0.25) is 0 Å². The van der Waals surface area contributed by atoms with E-state index in [-0.39, 0.29) is 12.1 Å². The Kier molecular flexibility index (Phi) is 5.87. The Balaban J connectivity index is 2.07. The van der Waals surface area contributed by atoms with E-state index in [4.69, 9.17) is 9.47 Å². The van der Waals surface area contributed by atoms with Crippen molar-refractivity contribution in [3.63, 3.8) is 0 Å². The number of rotatable bonds is 5. The average Bonchev–Trinajstić information content (AvgIpc) is 2.54. The highest BCUT2D eigenvalue weighted by molar-refractivity contribution is 9.10. The van der Waals surface area contributed by atoms with Crippen molar-refractivity contribution in [2.24, 2.45) is 0 Å². The van der Waals surface area contributed by atoms with E-state index in [9.17, 15) is 4.79 Å². The van der Waals surface area contributed by atoms with Gasteiger partial charge in [-0.15, -0.1) is 0 Å². The van der Waals surface area contributed by atoms with E-state index >= 15 is 0 Å². The first-order valence-electron chi connectivity index (χ1n) is 7.08. The molecule has 0 spiro atoms. The molecule has 2 amide bonds. The van der Waals surface area contributed by atoms with Crippen molar-refractivity contribution in [2.75, 3.05) is 19.5 Å². The van der Waals surface area contributed by atoms with Crippen LogP contribution in [-0.2, 0) is 0 Å². The number of carbonyl (C=O) groups excluding carboxylic acids is 1. The first kappa shape index (κ1) is 17.1. The Morgan fingerprint density at radius 2 is 1.91 bits per heavy atom. The monoisotopic (exact) mass is 378 g/mol. The lowest BCUT2D eigenvalue weighted by Crippen LogP contribution is -2.31. The van der Waals surface area contributed by atoms with Crippen LogP contribution in [0.4, 0.5) is 10.5 Å². The Bertz CT molecular complexity index is 691. The average molecular weight is 379 g/mol. The van der Waals surface area contributed by atoms with E-state index in [1.54, 1.807) is 32.4 Å². The fourth-order valence-corrected chi connectivity index (χ4v) is 2.54. The molecule has 2 N–H and O–H groups in total. The Labute approximate surface area is 144 Å². The molecule has 0 aromatic heterocycles. The lowest BCUT2D eigenvalue weighted by atomic mass is 10.1. The summed E-state index contributed by atoms with van der Waals surface area (Å²) in [5.74, 6) is 1.21. The molecule has 0 saturated carbocycles. The van der Waals surface area contributed by atoms with Gasteiger partial charge in [0.25, 0.3) is 0 Å². The van der Waals surface area contributed by atoms with Gasteiger partial charge in [-0.2, -0.15) is 0 Å². The number of ether oxygens (including phenoxy) is 2. The number of benzene rings is 2. The van der Waals surface area contributed by atoms with E-state index < -0.39 is 0 Å². The smallest absolute Gasteiger partial charge is 0.319 e. The van der Waals surface area contributed by atoms with Gasteiger partial charge in [-0.05, 0) is 36.8 Å². The second-order valence-corrected chi connectivity index (χ2v) is 5.86. The van der Waals surface area contributed by atoms with Gasteiger partial charge in [-0.25, -0.2) is 4.79 Å². The number of urea groups is 1. The number of methoxy groups -OCH3 is 2. The summed E-state index contributed by atoms with van der Waals surface area (Å²) in [6.07, 6.45) is 0. The zero-order valence-corrected chi connectivity index (χ0v) is 14.8. The first-order valence-corrected chi connectivity index (χ1v) is 7.87. The molecule has 122 valence electrons. The molecular weight excluding hydrogens is 360 g/mol. The number of anilines is 1. The van der Waals surface area contributed by atoms with Crippen LogP contribution < -0.4 is 20.1 Å². The van der Waals surface area contributed by atoms with Crippen LogP contribution in [0.15, 0.2) is 46.9 Å². The summed E-state index contributed by atoms with van der Waals surface area (Å²) in [7, 11) is 3.12. The molecule has 2 aromatic carbocycles. The molecule has 0 unspecified atom stereocenters. The summed E-state index contributed by atoms with van der Waals surface area (Å²) >= 11 is 3.43. The highest BCUT2D eigenvalue weighted by atomic mass is 79.9. The Hall–Kier alpha value is -2.21. The minimum atomic E-state index is -0.316. The molecule has 1 atom stereocenters. The van der Waals surface area contributed by atoms with Crippen molar-refractivity contribution in [2.45, 2.75) is 13.0 Å². The zero-order valence-electron chi connectivity index (χ0n) is 13.2. The fraction of sp³-hybridized carbons (Fsp3) is 0.235. The van der Waals surface area contributed by atoms with Gasteiger partial charge in [-0.1, -0.05) is 28.1 Å². The van der Waals surface area contributed by atoms with E-state index in [1.807, 2.05) is 31.2 Å². The number of hydrogen-bond acceptors (Lipinski definition) is 3. The molecule has 23 heavy (non-hydrogen) atoms. The maximum absolute atomic E-state index is 12.2. The summed E-state index contributed by atoms with van der Waals surface area (Å²) < 4.78 is 11.4. The summed E-state index contributed by atoms with van der Waals surface area (Å²) in [5, 5.41) is 5.68. The van der Waals surface area contributed by atoms with E-state index in [2.05, 4.69) is 26.6 Å². The minimum Gasteiger partial charge on any atom is -0.497 e. The molecule has 6 heteroatoms. The number of carbonyl (C=O) groups is 1. The van der Waals surface area contributed by atoms with Crippen molar-refractivity contribution in [3.8, 4) is 11.5 Å². The largest absolute Gasteiger partial charge is 0.497 e. The normalized spacial score (nSPS) is 11.5. The van der Waals surface area contributed by atoms with E-state index in [1.165, 1.54) is 0 Å². The predicted molar refractivity (Wildman–Crippen MR) is 94.3 cm³/mol. The molecule has 0 heterocycles. The second-order valence-electron chi connectivity index (χ2n) is 4.94. The molecule has 0 aliphatic heterocycles. The first-order chi connectivity index (χ1) is 11.0. The number of nitrogens with one attached hydrogen (secondary N) is 2. The maximum Gasteiger partial charge on any atom is 0.319 e. The van der Waals surface area contributed by atoms with Gasteiger partial charge in [0, 0.05) is 10.5 Å². The molecule has 0 bridgehead atoms. The van der Waals surface area contributed by atoms with Gasteiger partial charge in [0.2, 0.25) is 0 Å². The van der Waals surface area contributed by atoms with Crippen LogP contribution in [0.5, 0.6) is 11.5 Å². The van der Waals surface area contributed by atoms with Gasteiger partial charge >= 0.3 is 6.03 Å². The molecular formula is C17H19BrN2O3. The van der Waals surface area contributed by atoms with Crippen molar-refractivity contribution in [3.05, 3.63) is 52.5 Å². The van der Waals surface area contributed by atoms with Gasteiger partial charge in [-0.3, -0.25) is 0 Å². The predicted octanol–water partition coefficient (Wildman–Crippen LogP) is 4.35. The number of halogens is 1. The molecule has 0 radical (unpaired) electrons. The standard InChI is InChI=1S/C17H19BrN2O3/c1-11(12-5-4-6-13(18)9-12)19-17(21)20-15-10-14(22-2)7-8-16(15)23-3/h4-11H,1-3H3,(H2,19,20,21)/t11-/m1/s1. The molecule has 0 saturated heterocycles. The van der Waals surface area contributed by atoms with Crippen molar-refractivity contribution >= 4 is 27.6 Å². The van der Waals surface area contributed by atoms with Crippen LogP contribution in [0, 0.1) is 0 Å². The van der Waals surface area contributed by atoms with Crippen LogP contribution >= 0.6 is 15.9 Å². The highest BCUT2D eigenvalue weighted by Crippen LogP contribution is 2.29. The van der Waals surface area contributed by atoms with E-state index in [0.717, 1.165) is 10.0 Å². The molecule has 0 aliphatic carbocycles. The second kappa shape index (κ2) is 7.87. The maximum atomic E-state index is 12.2. The molecule has 2 aromatic rings. The number of hydrogen-bond donors (Lipinski definition) is 2. The van der Waals surface area contributed by atoms with Crippen LogP contribution in [0.25, 0.3) is 0 Å². The SMILES string of the molecule is COc1ccc(OC)c(NC(=O)N[C@H](C)c2cccc(Br)c2)c1. The van der Waals surface area contributed by atoms with Gasteiger partial charge < -0.3 is 20.1 Å². The minimum absolute atomic E-state index is 0.135. The molecule has 5 nitrogen and oxygen atoms in total. The zero-order chi connectivity index (χ0) is 16.8. The molecule has 0 fully saturated rings. The summed E-state index contributed by atoms with van der Waals surface area (Å²) in [6.45, 7) is 1.92. The van der Waals surface area contributed by atoms with Crippen LogP contribution in [-0.4, -0.2) is 20.3 Å². The summed E-state index contributed by atoms with van der Waals surface area (Å²) in [6, 6.07) is 12.6. The van der Waals surface area contributed by atoms with Crippen molar-refractivity contribution < 1.29 is 14.3 Å². The van der Waals surface area contributed by atoms with Gasteiger partial charge in [0.1, 0.15) is 11.5 Å². The van der Waals surface area contributed by atoms with Crippen LogP contribution in [0.1, 0.15) is 18.5 Å². The fourth-order valence-electron chi connectivity index (χ4n) is 2.13. The quantitative estimate of drug-likeness (QED) is 0.812. The molecule has 2 rings (SSSR count). The lowest BCUT2D eigenvalue weighted by molar-refractivity contribution is 0.249. The third kappa shape index (κ3) is 4.63. The third-order valence-electron chi connectivity index (χ3n) is 3.35. The van der Waals surface area contributed by atoms with Gasteiger partial charge in [0.15, 0.2) is 0 Å². The third-order valence-corrected chi connectivity index (χ3v) is 3.84. The van der Waals surface area contributed by atoms with Crippen molar-refractivity contribution in [1.29, 1.82) is 0 Å². The summed E-state index contributed by atoms with van der Waals surface area (Å²) in [5.41, 5.74) is 1.55.